The summed E-state index contributed by atoms with van der Waals surface area (Å²) in [6.07, 6.45) is 1.25. The Morgan fingerprint density at radius 3 is 2.75 bits per heavy atom. The number of amides is 3. The number of hydrogen-bond donors (Lipinski definition) is 2. The third kappa shape index (κ3) is 3.08. The fourth-order valence-corrected chi connectivity index (χ4v) is 2.25. The molecule has 1 aromatic rings. The molecular formula is C13H14ClN3O3. The van der Waals surface area contributed by atoms with Crippen LogP contribution in [0.15, 0.2) is 18.2 Å². The second kappa shape index (κ2) is 5.92. The van der Waals surface area contributed by atoms with Gasteiger partial charge in [-0.1, -0.05) is 11.6 Å². The number of benzene rings is 1. The van der Waals surface area contributed by atoms with Crippen LogP contribution in [0.2, 0.25) is 5.02 Å². The average Bonchev–Trinajstić information content (AvgIpc) is 2.82. The number of nitrogens with two attached hydrogens (primary N) is 1. The lowest BCUT2D eigenvalue weighted by atomic mass is 10.1. The van der Waals surface area contributed by atoms with E-state index in [-0.39, 0.29) is 12.5 Å². The van der Waals surface area contributed by atoms with E-state index in [9.17, 15) is 14.4 Å². The maximum Gasteiger partial charge on any atom is 0.251 e. The molecule has 3 N–H and O–H groups in total. The second-order valence-electron chi connectivity index (χ2n) is 4.46. The molecule has 2 rings (SSSR count). The Morgan fingerprint density at radius 1 is 1.40 bits per heavy atom. The van der Waals surface area contributed by atoms with Crippen LogP contribution in [0.1, 0.15) is 23.2 Å². The number of hydrogen-bond acceptors (Lipinski definition) is 3. The van der Waals surface area contributed by atoms with Gasteiger partial charge in [-0.25, -0.2) is 0 Å². The maximum atomic E-state index is 11.8. The van der Waals surface area contributed by atoms with E-state index in [4.69, 9.17) is 17.3 Å². The molecule has 0 aromatic heterocycles. The highest BCUT2D eigenvalue weighted by atomic mass is 35.5. The van der Waals surface area contributed by atoms with Crippen molar-refractivity contribution in [2.24, 2.45) is 5.73 Å². The van der Waals surface area contributed by atoms with Crippen molar-refractivity contribution in [2.75, 3.05) is 18.0 Å². The molecule has 0 aliphatic carbocycles. The Hall–Kier alpha value is -2.08. The fourth-order valence-electron chi connectivity index (χ4n) is 2.03. The van der Waals surface area contributed by atoms with Gasteiger partial charge in [-0.15, -0.1) is 0 Å². The van der Waals surface area contributed by atoms with Gasteiger partial charge in [0.05, 0.1) is 17.3 Å². The molecule has 7 heteroatoms. The van der Waals surface area contributed by atoms with Crippen LogP contribution in [0.4, 0.5) is 5.69 Å². The summed E-state index contributed by atoms with van der Waals surface area (Å²) in [5, 5.41) is 2.80. The molecule has 106 valence electrons. The third-order valence-electron chi connectivity index (χ3n) is 3.00. The Kier molecular flexibility index (Phi) is 4.24. The summed E-state index contributed by atoms with van der Waals surface area (Å²) in [6.45, 7) is 0.352. The monoisotopic (exact) mass is 295 g/mol. The van der Waals surface area contributed by atoms with Gasteiger partial charge >= 0.3 is 0 Å². The van der Waals surface area contributed by atoms with Crippen molar-refractivity contribution in [1.29, 1.82) is 0 Å². The molecule has 0 atom stereocenters. The molecule has 1 saturated heterocycles. The van der Waals surface area contributed by atoms with Gasteiger partial charge in [0.2, 0.25) is 11.8 Å². The standard InChI is InChI=1S/C13H14ClN3O3/c14-9-4-3-8(13(20)16-7-11(15)18)6-10(9)17-5-1-2-12(17)19/h3-4,6H,1-2,5,7H2,(H2,15,18)(H,16,20). The van der Waals surface area contributed by atoms with Crippen LogP contribution in [-0.2, 0) is 9.59 Å². The zero-order chi connectivity index (χ0) is 14.7. The molecule has 0 saturated carbocycles. The van der Waals surface area contributed by atoms with Gasteiger partial charge in [0.15, 0.2) is 0 Å². The van der Waals surface area contributed by atoms with E-state index in [1.165, 1.54) is 6.07 Å². The van der Waals surface area contributed by atoms with Crippen molar-refractivity contribution in [3.63, 3.8) is 0 Å². The first kappa shape index (κ1) is 14.3. The van der Waals surface area contributed by atoms with Crippen LogP contribution in [0.5, 0.6) is 0 Å². The molecule has 0 radical (unpaired) electrons. The predicted molar refractivity (Wildman–Crippen MR) is 74.6 cm³/mol. The number of halogens is 1. The van der Waals surface area contributed by atoms with Gasteiger partial charge < -0.3 is 16.0 Å². The summed E-state index contributed by atoms with van der Waals surface area (Å²) in [7, 11) is 0. The average molecular weight is 296 g/mol. The van der Waals surface area contributed by atoms with Gasteiger partial charge in [-0.3, -0.25) is 14.4 Å². The van der Waals surface area contributed by atoms with Gasteiger partial charge in [-0.2, -0.15) is 0 Å². The number of carbonyl (C=O) groups excluding carboxylic acids is 3. The van der Waals surface area contributed by atoms with Crippen molar-refractivity contribution < 1.29 is 14.4 Å². The normalized spacial score (nSPS) is 14.4. The molecule has 1 aromatic carbocycles. The summed E-state index contributed by atoms with van der Waals surface area (Å²) in [5.41, 5.74) is 5.80. The number of anilines is 1. The fraction of sp³-hybridized carbons (Fsp3) is 0.308. The molecule has 0 bridgehead atoms. The minimum atomic E-state index is -0.623. The van der Waals surface area contributed by atoms with Crippen LogP contribution >= 0.6 is 11.6 Å². The predicted octanol–water partition coefficient (Wildman–Crippen LogP) is 0.682. The summed E-state index contributed by atoms with van der Waals surface area (Å²) >= 11 is 6.07. The lowest BCUT2D eigenvalue weighted by molar-refractivity contribution is -0.117. The van der Waals surface area contributed by atoms with E-state index in [0.29, 0.717) is 29.2 Å². The van der Waals surface area contributed by atoms with E-state index < -0.39 is 11.8 Å². The quantitative estimate of drug-likeness (QED) is 0.855. The molecule has 20 heavy (non-hydrogen) atoms. The van der Waals surface area contributed by atoms with Crippen molar-refractivity contribution in [3.05, 3.63) is 28.8 Å². The van der Waals surface area contributed by atoms with E-state index >= 15 is 0 Å². The highest BCUT2D eigenvalue weighted by Gasteiger charge is 2.24. The number of carbonyl (C=O) groups is 3. The Morgan fingerprint density at radius 2 is 2.15 bits per heavy atom. The van der Waals surface area contributed by atoms with Crippen LogP contribution in [0, 0.1) is 0 Å². The minimum Gasteiger partial charge on any atom is -0.368 e. The van der Waals surface area contributed by atoms with E-state index in [2.05, 4.69) is 5.32 Å². The zero-order valence-corrected chi connectivity index (χ0v) is 11.4. The topological polar surface area (TPSA) is 92.5 Å². The van der Waals surface area contributed by atoms with E-state index in [1.54, 1.807) is 17.0 Å². The Labute approximate surface area is 120 Å². The van der Waals surface area contributed by atoms with Crippen LogP contribution in [0.3, 0.4) is 0 Å². The van der Waals surface area contributed by atoms with Crippen molar-refractivity contribution in [2.45, 2.75) is 12.8 Å². The minimum absolute atomic E-state index is 0.0124. The smallest absolute Gasteiger partial charge is 0.251 e. The summed E-state index contributed by atoms with van der Waals surface area (Å²) in [4.78, 5) is 35.8. The molecule has 1 aliphatic rings. The highest BCUT2D eigenvalue weighted by Crippen LogP contribution is 2.30. The van der Waals surface area contributed by atoms with Gasteiger partial charge in [0, 0.05) is 18.5 Å². The number of primary amides is 1. The highest BCUT2D eigenvalue weighted by molar-refractivity contribution is 6.34. The zero-order valence-electron chi connectivity index (χ0n) is 10.7. The summed E-state index contributed by atoms with van der Waals surface area (Å²) in [6, 6.07) is 4.63. The third-order valence-corrected chi connectivity index (χ3v) is 3.32. The molecule has 6 nitrogen and oxygen atoms in total. The molecule has 1 fully saturated rings. The largest absolute Gasteiger partial charge is 0.368 e. The number of rotatable bonds is 4. The molecule has 0 unspecified atom stereocenters. The SMILES string of the molecule is NC(=O)CNC(=O)c1ccc(Cl)c(N2CCCC2=O)c1. The first-order chi connectivity index (χ1) is 9.49. The van der Waals surface area contributed by atoms with Gasteiger partial charge in [0.1, 0.15) is 0 Å². The van der Waals surface area contributed by atoms with Crippen LogP contribution < -0.4 is 16.0 Å². The lowest BCUT2D eigenvalue weighted by Gasteiger charge is -2.18. The summed E-state index contributed by atoms with van der Waals surface area (Å²) in [5.74, 6) is -1.07. The van der Waals surface area contributed by atoms with E-state index in [1.807, 2.05) is 0 Å². The number of nitrogens with one attached hydrogen (secondary N) is 1. The number of nitrogens with zero attached hydrogens (tertiary/aromatic N) is 1. The molecule has 1 heterocycles. The summed E-state index contributed by atoms with van der Waals surface area (Å²) < 4.78 is 0. The molecular weight excluding hydrogens is 282 g/mol. The Bertz CT molecular complexity index is 574. The Balaban J connectivity index is 2.22. The maximum absolute atomic E-state index is 11.8. The second-order valence-corrected chi connectivity index (χ2v) is 4.87. The molecule has 3 amide bonds. The van der Waals surface area contributed by atoms with Crippen molar-refractivity contribution in [1.82, 2.24) is 5.32 Å². The van der Waals surface area contributed by atoms with Gasteiger partial charge in [0.25, 0.3) is 5.91 Å². The van der Waals surface area contributed by atoms with E-state index in [0.717, 1.165) is 6.42 Å². The van der Waals surface area contributed by atoms with Crippen LogP contribution in [-0.4, -0.2) is 30.8 Å². The first-order valence-corrected chi connectivity index (χ1v) is 6.53. The van der Waals surface area contributed by atoms with Crippen molar-refractivity contribution in [3.8, 4) is 0 Å². The van der Waals surface area contributed by atoms with Gasteiger partial charge in [-0.05, 0) is 24.6 Å². The molecule has 0 spiro atoms. The lowest BCUT2D eigenvalue weighted by Crippen LogP contribution is -2.33. The first-order valence-electron chi connectivity index (χ1n) is 6.15. The van der Waals surface area contributed by atoms with Crippen molar-refractivity contribution >= 4 is 35.0 Å². The van der Waals surface area contributed by atoms with Crippen LogP contribution in [0.25, 0.3) is 0 Å². The molecule has 1 aliphatic heterocycles.